The first-order chi connectivity index (χ1) is 15.8. The molecular weight excluding hydrogens is 456 g/mol. The summed E-state index contributed by atoms with van der Waals surface area (Å²) in [5.74, 6) is 1.17. The maximum absolute atomic E-state index is 12.9. The molecule has 10 heteroatoms. The number of hydrogen-bond donors (Lipinski definition) is 3. The number of pyridine rings is 1. The third-order valence-electron chi connectivity index (χ3n) is 6.89. The molecule has 1 aliphatic carbocycles. The number of rotatable bonds is 5. The monoisotopic (exact) mass is 486 g/mol. The molecule has 3 aromatic rings. The summed E-state index contributed by atoms with van der Waals surface area (Å²) in [6, 6.07) is 4.38. The molecule has 3 aromatic heterocycles. The zero-order valence-electron chi connectivity index (χ0n) is 19.1. The Morgan fingerprint density at radius 2 is 2.12 bits per heavy atom. The fourth-order valence-electron chi connectivity index (χ4n) is 4.93. The molecule has 1 saturated heterocycles. The summed E-state index contributed by atoms with van der Waals surface area (Å²) in [4.78, 5) is 26.0. The van der Waals surface area contributed by atoms with Crippen LogP contribution in [0, 0.1) is 12.8 Å². The molecule has 1 amide bonds. The van der Waals surface area contributed by atoms with Crippen molar-refractivity contribution in [1.29, 1.82) is 0 Å². The lowest BCUT2D eigenvalue weighted by Gasteiger charge is -2.27. The molecule has 0 spiro atoms. The number of nitrogens with zero attached hydrogens (tertiary/aromatic N) is 3. The van der Waals surface area contributed by atoms with E-state index < -0.39 is 0 Å². The van der Waals surface area contributed by atoms with Crippen LogP contribution in [0.1, 0.15) is 39.3 Å². The summed E-state index contributed by atoms with van der Waals surface area (Å²) in [7, 11) is 1.74. The molecule has 33 heavy (non-hydrogen) atoms. The number of amides is 1. The number of thiazole rings is 1. The first-order valence-corrected chi connectivity index (χ1v) is 13.0. The van der Waals surface area contributed by atoms with Crippen LogP contribution in [0.15, 0.2) is 12.1 Å². The smallest absolute Gasteiger partial charge is 0.263 e. The lowest BCUT2D eigenvalue weighted by molar-refractivity contribution is 0.0692. The zero-order chi connectivity index (χ0) is 23.3. The number of methoxy groups -OCH3 is 1. The van der Waals surface area contributed by atoms with Crippen LogP contribution < -0.4 is 21.7 Å². The van der Waals surface area contributed by atoms with E-state index in [0.29, 0.717) is 16.5 Å². The van der Waals surface area contributed by atoms with Gasteiger partial charge in [-0.1, -0.05) is 6.07 Å². The van der Waals surface area contributed by atoms with Gasteiger partial charge in [-0.15, -0.1) is 22.7 Å². The third-order valence-corrected chi connectivity index (χ3v) is 9.12. The number of carbonyl (C=O) groups is 1. The van der Waals surface area contributed by atoms with Crippen LogP contribution in [0.4, 0.5) is 11.5 Å². The Morgan fingerprint density at radius 1 is 1.30 bits per heavy atom. The predicted octanol–water partition coefficient (Wildman–Crippen LogP) is 2.73. The van der Waals surface area contributed by atoms with Crippen molar-refractivity contribution in [2.45, 2.75) is 51.3 Å². The number of aryl methyl sites for hydroxylation is 2. The van der Waals surface area contributed by atoms with Gasteiger partial charge in [0, 0.05) is 43.9 Å². The van der Waals surface area contributed by atoms with Crippen LogP contribution >= 0.6 is 22.7 Å². The number of thiophene rings is 1. The maximum Gasteiger partial charge on any atom is 0.263 e. The Morgan fingerprint density at radius 3 is 2.88 bits per heavy atom. The minimum atomic E-state index is -0.109. The van der Waals surface area contributed by atoms with Gasteiger partial charge in [-0.3, -0.25) is 4.79 Å². The summed E-state index contributed by atoms with van der Waals surface area (Å²) in [6.45, 7) is 5.67. The summed E-state index contributed by atoms with van der Waals surface area (Å²) in [5, 5.41) is 4.15. The van der Waals surface area contributed by atoms with Crippen molar-refractivity contribution in [3.8, 4) is 0 Å². The molecule has 8 nitrogen and oxygen atoms in total. The van der Waals surface area contributed by atoms with E-state index in [2.05, 4.69) is 34.3 Å². The number of ether oxygens (including phenoxy) is 1. The molecule has 5 N–H and O–H groups in total. The standard InChI is InChI=1S/C23H30N6O2S2/c1-11(31-3)15-9-29(10-16(15)24)18-7-4-13-8-14(5-6-17(13)28-18)27-22(30)20-19(25)21-23(33-20)26-12(2)32-21/h4,7,11,14-16H,5-6,8-10,24-25H2,1-3H3,(H,27,30). The minimum Gasteiger partial charge on any atom is -0.396 e. The van der Waals surface area contributed by atoms with Gasteiger partial charge in [0.2, 0.25) is 0 Å². The third kappa shape index (κ3) is 4.21. The Kier molecular flexibility index (Phi) is 6.02. The average molecular weight is 487 g/mol. The summed E-state index contributed by atoms with van der Waals surface area (Å²) in [6.07, 6.45) is 2.59. The van der Waals surface area contributed by atoms with Gasteiger partial charge < -0.3 is 26.4 Å². The highest BCUT2D eigenvalue weighted by Gasteiger charge is 2.35. The topological polar surface area (TPSA) is 119 Å². The van der Waals surface area contributed by atoms with Crippen molar-refractivity contribution in [3.05, 3.63) is 33.3 Å². The number of carbonyl (C=O) groups excluding carboxylic acids is 1. The molecule has 4 heterocycles. The van der Waals surface area contributed by atoms with E-state index in [1.54, 1.807) is 7.11 Å². The van der Waals surface area contributed by atoms with E-state index in [0.717, 1.165) is 58.4 Å². The first-order valence-electron chi connectivity index (χ1n) is 11.3. The van der Waals surface area contributed by atoms with E-state index in [9.17, 15) is 4.79 Å². The van der Waals surface area contributed by atoms with Gasteiger partial charge >= 0.3 is 0 Å². The molecule has 5 rings (SSSR count). The largest absolute Gasteiger partial charge is 0.396 e. The van der Waals surface area contributed by atoms with Crippen molar-refractivity contribution in [3.63, 3.8) is 0 Å². The Labute approximate surface area is 201 Å². The molecule has 2 aliphatic rings. The Balaban J connectivity index is 1.25. The molecule has 0 radical (unpaired) electrons. The van der Waals surface area contributed by atoms with E-state index in [1.807, 2.05) is 6.92 Å². The predicted molar refractivity (Wildman–Crippen MR) is 134 cm³/mol. The summed E-state index contributed by atoms with van der Waals surface area (Å²) in [5.41, 5.74) is 15.5. The summed E-state index contributed by atoms with van der Waals surface area (Å²) >= 11 is 2.91. The van der Waals surface area contributed by atoms with Gasteiger partial charge in [-0.25, -0.2) is 9.97 Å². The number of nitrogens with one attached hydrogen (secondary N) is 1. The van der Waals surface area contributed by atoms with Gasteiger partial charge in [0.15, 0.2) is 0 Å². The van der Waals surface area contributed by atoms with Crippen LogP contribution in [0.25, 0.3) is 9.53 Å². The Bertz CT molecular complexity index is 1190. The highest BCUT2D eigenvalue weighted by atomic mass is 32.1. The number of fused-ring (bicyclic) bond motifs is 2. The molecule has 1 aliphatic heterocycles. The minimum absolute atomic E-state index is 0.0685. The molecular formula is C23H30N6O2S2. The van der Waals surface area contributed by atoms with Gasteiger partial charge in [0.05, 0.1) is 21.5 Å². The fraction of sp³-hybridized carbons (Fsp3) is 0.522. The number of anilines is 2. The molecule has 4 atom stereocenters. The highest BCUT2D eigenvalue weighted by molar-refractivity contribution is 7.29. The fourth-order valence-corrected chi connectivity index (χ4v) is 7.03. The quantitative estimate of drug-likeness (QED) is 0.507. The van der Waals surface area contributed by atoms with E-state index in [-0.39, 0.29) is 24.1 Å². The average Bonchev–Trinajstić information content (AvgIpc) is 3.46. The normalized spacial score (nSPS) is 23.6. The number of aromatic nitrogens is 2. The second-order valence-corrected chi connectivity index (χ2v) is 11.3. The highest BCUT2D eigenvalue weighted by Crippen LogP contribution is 2.37. The maximum atomic E-state index is 12.9. The number of hydrogen-bond acceptors (Lipinski definition) is 9. The second kappa shape index (κ2) is 8.83. The lowest BCUT2D eigenvalue weighted by Crippen LogP contribution is -2.39. The van der Waals surface area contributed by atoms with Gasteiger partial charge in [0.25, 0.3) is 5.91 Å². The van der Waals surface area contributed by atoms with E-state index >= 15 is 0 Å². The van der Waals surface area contributed by atoms with Crippen LogP contribution in [0.5, 0.6) is 0 Å². The SMILES string of the molecule is COC(C)C1CN(c2ccc3c(n2)CCC(NC(=O)c2sc4nc(C)sc4c2N)C3)CC1N. The molecule has 0 bridgehead atoms. The zero-order valence-corrected chi connectivity index (χ0v) is 20.8. The summed E-state index contributed by atoms with van der Waals surface area (Å²) < 4.78 is 6.42. The molecule has 4 unspecified atom stereocenters. The number of nitrogen functional groups attached to an aromatic ring is 1. The Hall–Kier alpha value is -2.27. The lowest BCUT2D eigenvalue weighted by atomic mass is 9.91. The molecule has 0 saturated carbocycles. The molecule has 176 valence electrons. The van der Waals surface area contributed by atoms with Crippen LogP contribution in [0.3, 0.4) is 0 Å². The van der Waals surface area contributed by atoms with Crippen LogP contribution in [-0.4, -0.2) is 54.3 Å². The van der Waals surface area contributed by atoms with Crippen molar-refractivity contribution in [1.82, 2.24) is 15.3 Å². The molecule has 1 fully saturated rings. The molecule has 0 aromatic carbocycles. The van der Waals surface area contributed by atoms with Crippen molar-refractivity contribution in [2.75, 3.05) is 30.8 Å². The van der Waals surface area contributed by atoms with E-state index in [4.69, 9.17) is 21.2 Å². The first kappa shape index (κ1) is 22.5. The van der Waals surface area contributed by atoms with Crippen molar-refractivity contribution in [2.24, 2.45) is 11.7 Å². The second-order valence-electron chi connectivity index (χ2n) is 9.07. The van der Waals surface area contributed by atoms with Crippen LogP contribution in [-0.2, 0) is 17.6 Å². The van der Waals surface area contributed by atoms with Crippen LogP contribution in [0.2, 0.25) is 0 Å². The van der Waals surface area contributed by atoms with Gasteiger partial charge in [-0.05, 0) is 44.7 Å². The van der Waals surface area contributed by atoms with Crippen molar-refractivity contribution >= 4 is 49.6 Å². The van der Waals surface area contributed by atoms with Crippen molar-refractivity contribution < 1.29 is 9.53 Å². The van der Waals surface area contributed by atoms with Gasteiger partial charge in [0.1, 0.15) is 15.5 Å². The van der Waals surface area contributed by atoms with E-state index in [1.165, 1.54) is 28.2 Å². The number of nitrogens with two attached hydrogens (primary N) is 2. The van der Waals surface area contributed by atoms with Gasteiger partial charge in [-0.2, -0.15) is 0 Å².